The van der Waals surface area contributed by atoms with Crippen molar-refractivity contribution in [3.63, 3.8) is 0 Å². The number of hydrogen-bond acceptors (Lipinski definition) is 21. The molecule has 3 unspecified atom stereocenters. The average molecular weight is 1410 g/mol. The third kappa shape index (κ3) is 67.7. The van der Waals surface area contributed by atoms with Crippen LogP contribution in [0.15, 0.2) is 41.0 Å². The first kappa shape index (κ1) is 91.8. The lowest BCUT2D eigenvalue weighted by Crippen LogP contribution is -2.31. The summed E-state index contributed by atoms with van der Waals surface area (Å²) >= 11 is 4.27. The van der Waals surface area contributed by atoms with Crippen molar-refractivity contribution in [1.29, 1.82) is 0 Å². The van der Waals surface area contributed by atoms with Crippen LogP contribution in [-0.2, 0) is 87.4 Å². The Bertz CT molecular complexity index is 2060. The molecule has 0 aliphatic heterocycles. The summed E-state index contributed by atoms with van der Waals surface area (Å²) < 4.78 is 70.2. The molecule has 0 saturated heterocycles. The molecule has 5 atom stereocenters. The molecule has 20 nitrogen and oxygen atoms in total. The molecule has 0 aliphatic rings. The number of aliphatic hydroxyl groups excluding tert-OH is 1. The Morgan fingerprint density at radius 1 is 0.347 bits per heavy atom. The molecule has 95 heavy (non-hydrogen) atoms. The van der Waals surface area contributed by atoms with Crippen molar-refractivity contribution < 1.29 is 89.9 Å². The van der Waals surface area contributed by atoms with E-state index >= 15 is 0 Å². The summed E-state index contributed by atoms with van der Waals surface area (Å²) in [6.07, 6.45) is 55.1. The number of nitrogens with zero attached hydrogens (tertiary/aromatic N) is 1. The van der Waals surface area contributed by atoms with Crippen molar-refractivity contribution in [2.24, 2.45) is 4.53 Å². The molecule has 554 valence electrons. The molecule has 0 heterocycles. The van der Waals surface area contributed by atoms with Gasteiger partial charge in [-0.15, -0.1) is 0 Å². The van der Waals surface area contributed by atoms with E-state index in [9.17, 15) is 48.0 Å². The molecule has 0 fully saturated rings. The Kier molecular flexibility index (Phi) is 65.6. The van der Waals surface area contributed by atoms with Gasteiger partial charge in [0.15, 0.2) is 12.2 Å². The normalized spacial score (nSPS) is 14.0. The number of ether oxygens (including phenoxy) is 4. The quantitative estimate of drug-likeness (QED) is 0.0148. The standard InChI is InChI=1S/C72H131NO19P2S/c1-4-7-10-13-16-19-22-25-28-31-34-37-40-44-49-54-68(75)84-61-66(90-70(77)56-51-45-41-38-35-32-29-26-23-20-17-14-11-8-5-2)63-88-93(80,81)86-59-65(74)60-87-94(82,83)89-64-67(62-85-69(76)55-50-47-43-48-53-58-72(79)92-73-95)91-71(78)57-52-46-42-39-36-33-30-27-24-21-18-15-12-9-6-3/h25-30,65-67,74H,4-24,31-64H2,1-3H3,(H,80,81)(H,82,83)/p-2/b28-25-,29-26-,30-27-/t65?,66-,67-/m1/s1. The second-order valence-electron chi connectivity index (χ2n) is 25.1. The first-order valence-corrected chi connectivity index (χ1v) is 40.4. The van der Waals surface area contributed by atoms with Crippen LogP contribution < -0.4 is 9.79 Å². The molecule has 0 radical (unpaired) electrons. The number of aliphatic hydroxyl groups is 1. The summed E-state index contributed by atoms with van der Waals surface area (Å²) in [5, 5.41) is 10.5. The summed E-state index contributed by atoms with van der Waals surface area (Å²) in [5.41, 5.74) is 0. The van der Waals surface area contributed by atoms with E-state index in [0.29, 0.717) is 44.9 Å². The first-order chi connectivity index (χ1) is 46.1. The van der Waals surface area contributed by atoms with Gasteiger partial charge in [-0.3, -0.25) is 28.3 Å². The maximum atomic E-state index is 13.0. The lowest BCUT2D eigenvalue weighted by Gasteiger charge is -2.28. The molecule has 23 heteroatoms. The minimum atomic E-state index is -5.27. The molecule has 0 aromatic heterocycles. The van der Waals surface area contributed by atoms with Crippen molar-refractivity contribution in [3.8, 4) is 0 Å². The van der Waals surface area contributed by atoms with Gasteiger partial charge in [-0.2, -0.15) is 0 Å². The third-order valence-electron chi connectivity index (χ3n) is 16.0. The SMILES string of the molecule is CCCCCCCC/C=C\CCCCCCCC(=O)OC[C@H](COP(=O)([O-])OCC(O)COP(=O)([O-])OC[C@@H](COC(=O)CCCCCCCC(=O)ON=S)OC(=O)CCCCCCC/C=C\CCCCCCCC)OC(=O)CCCCCCC/C=C\CCCCCCCC. The molecule has 0 bridgehead atoms. The Labute approximate surface area is 579 Å². The zero-order valence-corrected chi connectivity index (χ0v) is 61.7. The van der Waals surface area contributed by atoms with Crippen LogP contribution in [0.3, 0.4) is 0 Å². The first-order valence-electron chi connectivity index (χ1n) is 37.1. The van der Waals surface area contributed by atoms with E-state index in [1.165, 1.54) is 116 Å². The molecule has 0 saturated carbocycles. The summed E-state index contributed by atoms with van der Waals surface area (Å²) in [5.74, 6) is -2.95. The maximum absolute atomic E-state index is 13.0. The Balaban J connectivity index is 5.32. The summed E-state index contributed by atoms with van der Waals surface area (Å²) in [4.78, 5) is 93.0. The second kappa shape index (κ2) is 67.9. The van der Waals surface area contributed by atoms with E-state index in [-0.39, 0.29) is 32.1 Å². The number of allylic oxidation sites excluding steroid dienone is 6. The molecular formula is C72H129NO19P2S-2. The van der Waals surface area contributed by atoms with Gasteiger partial charge in [0.1, 0.15) is 19.3 Å². The molecular weight excluding hydrogens is 1280 g/mol. The smallest absolute Gasteiger partial charge is 0.336 e. The van der Waals surface area contributed by atoms with Crippen LogP contribution >= 0.6 is 15.6 Å². The predicted octanol–water partition coefficient (Wildman–Crippen LogP) is 18.3. The molecule has 0 amide bonds. The molecule has 0 aromatic rings. The fourth-order valence-electron chi connectivity index (χ4n) is 10.2. The maximum Gasteiger partial charge on any atom is 0.336 e. The number of phosphoric ester groups is 2. The Hall–Kier alpha value is -3.23. The molecule has 0 aromatic carbocycles. The largest absolute Gasteiger partial charge is 0.756 e. The minimum Gasteiger partial charge on any atom is -0.756 e. The number of esters is 4. The minimum absolute atomic E-state index is 0.0257. The highest BCUT2D eigenvalue weighted by molar-refractivity contribution is 7.47. The van der Waals surface area contributed by atoms with Gasteiger partial charge < -0.3 is 56.8 Å². The summed E-state index contributed by atoms with van der Waals surface area (Å²) in [6.45, 7) is 2.05. The number of carbonyl (C=O) groups excluding carboxylic acids is 5. The van der Waals surface area contributed by atoms with E-state index in [2.05, 4.69) is 79.0 Å². The van der Waals surface area contributed by atoms with Crippen LogP contribution in [0.25, 0.3) is 0 Å². The zero-order valence-electron chi connectivity index (χ0n) is 59.1. The highest BCUT2D eigenvalue weighted by atomic mass is 32.1. The van der Waals surface area contributed by atoms with E-state index < -0.39 is 103 Å². The second-order valence-corrected chi connectivity index (χ2v) is 28.1. The summed E-state index contributed by atoms with van der Waals surface area (Å²) in [7, 11) is -10.5. The highest BCUT2D eigenvalue weighted by Gasteiger charge is 2.25. The van der Waals surface area contributed by atoms with E-state index in [4.69, 9.17) is 37.0 Å². The van der Waals surface area contributed by atoms with Crippen molar-refractivity contribution in [3.05, 3.63) is 36.5 Å². The number of unbranched alkanes of at least 4 members (excludes halogenated alkanes) is 37. The van der Waals surface area contributed by atoms with Crippen LogP contribution in [0, 0.1) is 0 Å². The van der Waals surface area contributed by atoms with Gasteiger partial charge >= 0.3 is 29.8 Å². The lowest BCUT2D eigenvalue weighted by atomic mass is 10.1. The van der Waals surface area contributed by atoms with Crippen LogP contribution in [-0.4, -0.2) is 92.9 Å². The highest BCUT2D eigenvalue weighted by Crippen LogP contribution is 2.41. The average Bonchev–Trinajstić information content (AvgIpc) is 2.34. The van der Waals surface area contributed by atoms with Gasteiger partial charge in [0.25, 0.3) is 15.6 Å². The number of hydrogen-bond donors (Lipinski definition) is 1. The third-order valence-corrected chi connectivity index (χ3v) is 17.9. The summed E-state index contributed by atoms with van der Waals surface area (Å²) in [6, 6.07) is 0. The van der Waals surface area contributed by atoms with E-state index in [1.54, 1.807) is 0 Å². The number of phosphoric acid groups is 2. The number of rotatable bonds is 72. The van der Waals surface area contributed by atoms with Gasteiger partial charge in [0.2, 0.25) is 0 Å². The molecule has 0 rings (SSSR count). The van der Waals surface area contributed by atoms with Crippen molar-refractivity contribution in [2.75, 3.05) is 39.6 Å². The van der Waals surface area contributed by atoms with Gasteiger partial charge in [-0.25, -0.2) is 4.79 Å². The number of carbonyl (C=O) groups is 5. The zero-order chi connectivity index (χ0) is 69.8. The van der Waals surface area contributed by atoms with Gasteiger partial charge in [-0.1, -0.05) is 231 Å². The van der Waals surface area contributed by atoms with E-state index in [0.717, 1.165) is 122 Å². The predicted molar refractivity (Wildman–Crippen MR) is 373 cm³/mol. The topological polar surface area (TPSA) is 281 Å². The van der Waals surface area contributed by atoms with Crippen molar-refractivity contribution >= 4 is 57.9 Å². The van der Waals surface area contributed by atoms with Crippen LogP contribution in [0.4, 0.5) is 0 Å². The van der Waals surface area contributed by atoms with Gasteiger partial charge in [0.05, 0.1) is 38.9 Å². The molecule has 1 N–H and O–H groups in total. The van der Waals surface area contributed by atoms with E-state index in [1.807, 2.05) is 0 Å². The fourth-order valence-corrected chi connectivity index (χ4v) is 11.9. The van der Waals surface area contributed by atoms with Crippen molar-refractivity contribution in [1.82, 2.24) is 0 Å². The van der Waals surface area contributed by atoms with Crippen LogP contribution in [0.1, 0.15) is 335 Å². The van der Waals surface area contributed by atoms with Crippen molar-refractivity contribution in [2.45, 2.75) is 354 Å². The monoisotopic (exact) mass is 1410 g/mol. The van der Waals surface area contributed by atoms with Crippen LogP contribution in [0.5, 0.6) is 0 Å². The van der Waals surface area contributed by atoms with Crippen LogP contribution in [0.2, 0.25) is 0 Å². The van der Waals surface area contributed by atoms with Gasteiger partial charge in [-0.05, 0) is 114 Å². The molecule has 0 spiro atoms. The molecule has 0 aliphatic carbocycles. The Morgan fingerprint density at radius 3 is 0.853 bits per heavy atom. The fraction of sp³-hybridized carbons (Fsp3) is 0.847. The van der Waals surface area contributed by atoms with Gasteiger partial charge in [0, 0.05) is 32.1 Å². The lowest BCUT2D eigenvalue weighted by molar-refractivity contribution is -0.233. The Morgan fingerprint density at radius 2 is 0.579 bits per heavy atom.